The standard InChI is InChI=1S/C21H16N4O2/c26-19-11-10-14-6-4-5-9-16(14)17(19)13-22-25-21-23-18(12-20(27)24-21)15-7-2-1-3-8-15/h1-13,26H,(H2,23,24,25,27)/b22-13+. The molecular weight excluding hydrogens is 340 g/mol. The van der Waals surface area contributed by atoms with Gasteiger partial charge in [0.1, 0.15) is 5.75 Å². The minimum Gasteiger partial charge on any atom is -0.507 e. The van der Waals surface area contributed by atoms with E-state index in [1.807, 2.05) is 60.7 Å². The van der Waals surface area contributed by atoms with Crippen molar-refractivity contribution in [3.8, 4) is 17.0 Å². The van der Waals surface area contributed by atoms with Crippen LogP contribution in [0.15, 0.2) is 82.7 Å². The van der Waals surface area contributed by atoms with Crippen molar-refractivity contribution in [1.82, 2.24) is 9.97 Å². The lowest BCUT2D eigenvalue weighted by atomic mass is 10.0. The number of hydrogen-bond acceptors (Lipinski definition) is 5. The number of aromatic nitrogens is 2. The molecule has 4 rings (SSSR count). The predicted octanol–water partition coefficient (Wildman–Crippen LogP) is 3.74. The molecule has 6 heteroatoms. The summed E-state index contributed by atoms with van der Waals surface area (Å²) >= 11 is 0. The number of nitrogens with one attached hydrogen (secondary N) is 2. The molecule has 0 aliphatic carbocycles. The molecule has 0 unspecified atom stereocenters. The Kier molecular flexibility index (Phi) is 4.37. The maximum atomic E-state index is 11.9. The number of fused-ring (bicyclic) bond motifs is 1. The maximum absolute atomic E-state index is 11.9. The van der Waals surface area contributed by atoms with E-state index < -0.39 is 0 Å². The number of H-pyrrole nitrogens is 1. The van der Waals surface area contributed by atoms with Gasteiger partial charge in [0.15, 0.2) is 0 Å². The van der Waals surface area contributed by atoms with Crippen molar-refractivity contribution >= 4 is 22.9 Å². The second-order valence-corrected chi connectivity index (χ2v) is 5.93. The Balaban J connectivity index is 1.64. The first-order valence-electron chi connectivity index (χ1n) is 8.37. The number of aromatic hydroxyl groups is 1. The molecule has 0 bridgehead atoms. The van der Waals surface area contributed by atoms with Gasteiger partial charge in [0.05, 0.1) is 11.9 Å². The van der Waals surface area contributed by atoms with Gasteiger partial charge in [0.25, 0.3) is 5.56 Å². The maximum Gasteiger partial charge on any atom is 0.252 e. The number of benzene rings is 3. The topological polar surface area (TPSA) is 90.4 Å². The molecule has 3 N–H and O–H groups in total. The van der Waals surface area contributed by atoms with E-state index in [9.17, 15) is 9.90 Å². The summed E-state index contributed by atoms with van der Waals surface area (Å²) in [4.78, 5) is 18.9. The van der Waals surface area contributed by atoms with Gasteiger partial charge in [-0.15, -0.1) is 0 Å². The van der Waals surface area contributed by atoms with Crippen LogP contribution in [-0.4, -0.2) is 21.3 Å². The Labute approximate surface area is 154 Å². The molecule has 0 spiro atoms. The van der Waals surface area contributed by atoms with Gasteiger partial charge in [-0.25, -0.2) is 10.4 Å². The lowest BCUT2D eigenvalue weighted by molar-refractivity contribution is 0.475. The van der Waals surface area contributed by atoms with E-state index in [4.69, 9.17) is 0 Å². The van der Waals surface area contributed by atoms with Gasteiger partial charge in [-0.1, -0.05) is 60.7 Å². The molecule has 0 aliphatic heterocycles. The predicted molar refractivity (Wildman–Crippen MR) is 107 cm³/mol. The zero-order valence-corrected chi connectivity index (χ0v) is 14.3. The van der Waals surface area contributed by atoms with Gasteiger partial charge in [0.2, 0.25) is 5.95 Å². The third kappa shape index (κ3) is 3.55. The zero-order valence-electron chi connectivity index (χ0n) is 14.3. The molecule has 0 radical (unpaired) electrons. The summed E-state index contributed by atoms with van der Waals surface area (Å²) in [5, 5.41) is 16.2. The van der Waals surface area contributed by atoms with Crippen LogP contribution in [0.2, 0.25) is 0 Å². The van der Waals surface area contributed by atoms with E-state index in [1.165, 1.54) is 12.3 Å². The molecule has 1 aromatic heterocycles. The minimum absolute atomic E-state index is 0.124. The third-order valence-corrected chi connectivity index (χ3v) is 4.12. The SMILES string of the molecule is O=c1cc(-c2ccccc2)nc(N/N=C/c2c(O)ccc3ccccc23)[nH]1. The lowest BCUT2D eigenvalue weighted by Crippen LogP contribution is -2.10. The Hall–Kier alpha value is -3.93. The van der Waals surface area contributed by atoms with E-state index >= 15 is 0 Å². The minimum atomic E-state index is -0.283. The lowest BCUT2D eigenvalue weighted by Gasteiger charge is -2.06. The summed E-state index contributed by atoms with van der Waals surface area (Å²) in [5.74, 6) is 0.344. The quantitative estimate of drug-likeness (QED) is 0.384. The summed E-state index contributed by atoms with van der Waals surface area (Å²) in [5.41, 5.74) is 4.41. The second kappa shape index (κ2) is 7.13. The zero-order chi connectivity index (χ0) is 18.6. The van der Waals surface area contributed by atoms with Crippen molar-refractivity contribution in [1.29, 1.82) is 0 Å². The molecule has 0 saturated carbocycles. The van der Waals surface area contributed by atoms with Crippen molar-refractivity contribution in [2.24, 2.45) is 5.10 Å². The first kappa shape index (κ1) is 16.5. The van der Waals surface area contributed by atoms with Gasteiger partial charge in [-0.05, 0) is 16.8 Å². The molecule has 6 nitrogen and oxygen atoms in total. The Morgan fingerprint density at radius 3 is 2.63 bits per heavy atom. The van der Waals surface area contributed by atoms with Crippen LogP contribution in [-0.2, 0) is 0 Å². The monoisotopic (exact) mass is 356 g/mol. The molecular formula is C21H16N4O2. The fourth-order valence-corrected chi connectivity index (χ4v) is 2.85. The molecule has 4 aromatic rings. The highest BCUT2D eigenvalue weighted by Gasteiger charge is 2.05. The molecule has 0 aliphatic rings. The van der Waals surface area contributed by atoms with Crippen molar-refractivity contribution in [2.45, 2.75) is 0 Å². The summed E-state index contributed by atoms with van der Waals surface area (Å²) in [7, 11) is 0. The van der Waals surface area contributed by atoms with Crippen LogP contribution in [0, 0.1) is 0 Å². The molecule has 0 amide bonds. The van der Waals surface area contributed by atoms with E-state index in [0.29, 0.717) is 11.3 Å². The molecule has 0 atom stereocenters. The number of hydrazone groups is 1. The number of rotatable bonds is 4. The van der Waals surface area contributed by atoms with Crippen LogP contribution in [0.3, 0.4) is 0 Å². The normalized spacial score (nSPS) is 11.1. The fourth-order valence-electron chi connectivity index (χ4n) is 2.85. The van der Waals surface area contributed by atoms with Gasteiger partial charge < -0.3 is 5.11 Å². The first-order valence-corrected chi connectivity index (χ1v) is 8.37. The largest absolute Gasteiger partial charge is 0.507 e. The van der Waals surface area contributed by atoms with Crippen LogP contribution in [0.5, 0.6) is 5.75 Å². The molecule has 1 heterocycles. The summed E-state index contributed by atoms with van der Waals surface area (Å²) < 4.78 is 0. The number of phenolic OH excluding ortho intramolecular Hbond substituents is 1. The molecule has 27 heavy (non-hydrogen) atoms. The van der Waals surface area contributed by atoms with Gasteiger partial charge in [-0.3, -0.25) is 9.78 Å². The summed E-state index contributed by atoms with van der Waals surface area (Å²) in [6, 6.07) is 22.0. The number of hydrogen-bond donors (Lipinski definition) is 3. The van der Waals surface area contributed by atoms with Gasteiger partial charge in [0, 0.05) is 17.2 Å². The van der Waals surface area contributed by atoms with Crippen LogP contribution in [0.4, 0.5) is 5.95 Å². The Morgan fingerprint density at radius 2 is 1.78 bits per heavy atom. The molecule has 132 valence electrons. The van der Waals surface area contributed by atoms with E-state index in [0.717, 1.165) is 16.3 Å². The fraction of sp³-hybridized carbons (Fsp3) is 0. The average molecular weight is 356 g/mol. The number of phenols is 1. The third-order valence-electron chi connectivity index (χ3n) is 4.12. The van der Waals surface area contributed by atoms with E-state index in [2.05, 4.69) is 20.5 Å². The van der Waals surface area contributed by atoms with Gasteiger partial charge in [-0.2, -0.15) is 5.10 Å². The van der Waals surface area contributed by atoms with Crippen molar-refractivity contribution < 1.29 is 5.11 Å². The number of anilines is 1. The van der Waals surface area contributed by atoms with E-state index in [-0.39, 0.29) is 17.3 Å². The van der Waals surface area contributed by atoms with Crippen LogP contribution in [0.25, 0.3) is 22.0 Å². The number of nitrogens with zero attached hydrogens (tertiary/aromatic N) is 2. The first-order chi connectivity index (χ1) is 13.2. The summed E-state index contributed by atoms with van der Waals surface area (Å²) in [6.45, 7) is 0. The highest BCUT2D eigenvalue weighted by atomic mass is 16.3. The smallest absolute Gasteiger partial charge is 0.252 e. The summed E-state index contributed by atoms with van der Waals surface area (Å²) in [6.07, 6.45) is 1.51. The highest BCUT2D eigenvalue weighted by Crippen LogP contribution is 2.25. The Bertz CT molecular complexity index is 1180. The molecule has 3 aromatic carbocycles. The Morgan fingerprint density at radius 1 is 1.00 bits per heavy atom. The second-order valence-electron chi connectivity index (χ2n) is 5.93. The van der Waals surface area contributed by atoms with Crippen molar-refractivity contribution in [3.63, 3.8) is 0 Å². The van der Waals surface area contributed by atoms with Crippen LogP contribution >= 0.6 is 0 Å². The average Bonchev–Trinajstić information content (AvgIpc) is 2.70. The number of aromatic amines is 1. The molecule has 0 fully saturated rings. The molecule has 0 saturated heterocycles. The highest BCUT2D eigenvalue weighted by molar-refractivity contribution is 6.02. The van der Waals surface area contributed by atoms with Crippen molar-refractivity contribution in [3.05, 3.63) is 88.7 Å². The van der Waals surface area contributed by atoms with E-state index in [1.54, 1.807) is 6.07 Å². The van der Waals surface area contributed by atoms with Crippen molar-refractivity contribution in [2.75, 3.05) is 5.43 Å². The van der Waals surface area contributed by atoms with Crippen LogP contribution in [0.1, 0.15) is 5.56 Å². The van der Waals surface area contributed by atoms with Crippen LogP contribution < -0.4 is 11.0 Å². The van der Waals surface area contributed by atoms with Gasteiger partial charge >= 0.3 is 0 Å².